The predicted octanol–water partition coefficient (Wildman–Crippen LogP) is 2.57. The molecule has 0 aliphatic heterocycles. The lowest BCUT2D eigenvalue weighted by molar-refractivity contribution is -0.132. The molecule has 2 N–H and O–H groups in total. The zero-order valence-electron chi connectivity index (χ0n) is 12.5. The zero-order valence-corrected chi connectivity index (χ0v) is 13.3. The third kappa shape index (κ3) is 3.79. The van der Waals surface area contributed by atoms with Crippen molar-refractivity contribution < 1.29 is 4.79 Å². The average molecular weight is 295 g/mol. The van der Waals surface area contributed by atoms with Gasteiger partial charge < -0.3 is 10.6 Å². The number of thiazole rings is 1. The molecule has 20 heavy (non-hydrogen) atoms. The summed E-state index contributed by atoms with van der Waals surface area (Å²) in [6.45, 7) is 2.72. The number of amides is 1. The maximum Gasteiger partial charge on any atom is 0.228 e. The molecule has 112 valence electrons. The first-order valence-electron chi connectivity index (χ1n) is 7.53. The van der Waals surface area contributed by atoms with Gasteiger partial charge in [0.25, 0.3) is 0 Å². The van der Waals surface area contributed by atoms with Gasteiger partial charge in [0, 0.05) is 25.0 Å². The molecule has 2 rings (SSSR count). The van der Waals surface area contributed by atoms with Crippen LogP contribution in [0.4, 0.5) is 0 Å². The fourth-order valence-corrected chi connectivity index (χ4v) is 3.62. The molecular weight excluding hydrogens is 270 g/mol. The maximum atomic E-state index is 12.3. The fourth-order valence-electron chi connectivity index (χ4n) is 2.95. The third-order valence-corrected chi connectivity index (χ3v) is 5.36. The largest absolute Gasteiger partial charge is 0.342 e. The van der Waals surface area contributed by atoms with E-state index in [0.29, 0.717) is 19.0 Å². The van der Waals surface area contributed by atoms with Crippen LogP contribution in [-0.2, 0) is 17.8 Å². The molecule has 0 radical (unpaired) electrons. The van der Waals surface area contributed by atoms with Crippen LogP contribution in [0.2, 0.25) is 0 Å². The van der Waals surface area contributed by atoms with E-state index in [1.165, 1.54) is 30.6 Å². The van der Waals surface area contributed by atoms with Gasteiger partial charge >= 0.3 is 0 Å². The maximum absolute atomic E-state index is 12.3. The molecule has 0 aromatic carbocycles. The molecular formula is C15H25N3OS. The Labute approximate surface area is 125 Å². The summed E-state index contributed by atoms with van der Waals surface area (Å²) in [6.07, 6.45) is 6.48. The highest BCUT2D eigenvalue weighted by molar-refractivity contribution is 7.09. The minimum absolute atomic E-state index is 0.179. The highest BCUT2D eigenvalue weighted by Gasteiger charge is 2.26. The van der Waals surface area contributed by atoms with Crippen molar-refractivity contribution in [3.63, 3.8) is 0 Å². The van der Waals surface area contributed by atoms with Crippen LogP contribution in [0.15, 0.2) is 5.38 Å². The molecule has 0 saturated heterocycles. The lowest BCUT2D eigenvalue weighted by atomic mass is 9.84. The summed E-state index contributed by atoms with van der Waals surface area (Å²) in [7, 11) is 1.94. The standard InChI is InChI=1S/C15H25N3OS/c1-3-11-4-6-13(7-5-11)18(2)15(19)8-12-10-20-14(9-16)17-12/h10-11,13H,3-9,16H2,1-2H3. The van der Waals surface area contributed by atoms with Crippen LogP contribution >= 0.6 is 11.3 Å². The van der Waals surface area contributed by atoms with Gasteiger partial charge in [0.1, 0.15) is 5.01 Å². The van der Waals surface area contributed by atoms with Crippen molar-refractivity contribution in [3.8, 4) is 0 Å². The predicted molar refractivity (Wildman–Crippen MR) is 82.5 cm³/mol. The second-order valence-corrected chi connectivity index (χ2v) is 6.64. The monoisotopic (exact) mass is 295 g/mol. The van der Waals surface area contributed by atoms with Crippen LogP contribution in [-0.4, -0.2) is 28.9 Å². The SMILES string of the molecule is CCC1CCC(N(C)C(=O)Cc2csc(CN)n2)CC1. The van der Waals surface area contributed by atoms with Crippen molar-refractivity contribution in [2.24, 2.45) is 11.7 Å². The normalized spacial score (nSPS) is 22.8. The van der Waals surface area contributed by atoms with Crippen molar-refractivity contribution in [3.05, 3.63) is 16.1 Å². The summed E-state index contributed by atoms with van der Waals surface area (Å²) in [5.41, 5.74) is 6.41. The second-order valence-electron chi connectivity index (χ2n) is 5.70. The Morgan fingerprint density at radius 3 is 2.70 bits per heavy atom. The van der Waals surface area contributed by atoms with Crippen LogP contribution in [0.1, 0.15) is 49.7 Å². The number of nitrogens with two attached hydrogens (primary N) is 1. The molecule has 4 nitrogen and oxygen atoms in total. The van der Waals surface area contributed by atoms with Gasteiger partial charge in [-0.05, 0) is 31.6 Å². The van der Waals surface area contributed by atoms with E-state index in [4.69, 9.17) is 5.73 Å². The summed E-state index contributed by atoms with van der Waals surface area (Å²) < 4.78 is 0. The van der Waals surface area contributed by atoms with E-state index in [9.17, 15) is 4.79 Å². The Morgan fingerprint density at radius 1 is 1.45 bits per heavy atom. The molecule has 1 amide bonds. The molecule has 1 aromatic heterocycles. The molecule has 0 bridgehead atoms. The number of carbonyl (C=O) groups is 1. The van der Waals surface area contributed by atoms with Gasteiger partial charge in [0.05, 0.1) is 12.1 Å². The number of hydrogen-bond acceptors (Lipinski definition) is 4. The van der Waals surface area contributed by atoms with Gasteiger partial charge in [0.15, 0.2) is 0 Å². The van der Waals surface area contributed by atoms with Gasteiger partial charge in [-0.2, -0.15) is 0 Å². The minimum Gasteiger partial charge on any atom is -0.342 e. The third-order valence-electron chi connectivity index (χ3n) is 4.44. The Bertz CT molecular complexity index is 438. The number of nitrogens with zero attached hydrogens (tertiary/aromatic N) is 2. The van der Waals surface area contributed by atoms with Gasteiger partial charge in [-0.1, -0.05) is 13.3 Å². The van der Waals surface area contributed by atoms with E-state index in [-0.39, 0.29) is 5.91 Å². The van der Waals surface area contributed by atoms with E-state index < -0.39 is 0 Å². The van der Waals surface area contributed by atoms with E-state index in [2.05, 4.69) is 11.9 Å². The first-order chi connectivity index (χ1) is 9.63. The number of carbonyl (C=O) groups excluding carboxylic acids is 1. The molecule has 1 fully saturated rings. The minimum atomic E-state index is 0.179. The van der Waals surface area contributed by atoms with Crippen LogP contribution in [0.5, 0.6) is 0 Å². The van der Waals surface area contributed by atoms with E-state index in [1.54, 1.807) is 0 Å². The van der Waals surface area contributed by atoms with Crippen molar-refractivity contribution in [2.75, 3.05) is 7.05 Å². The summed E-state index contributed by atoms with van der Waals surface area (Å²) in [6, 6.07) is 0.415. The van der Waals surface area contributed by atoms with Crippen molar-refractivity contribution in [1.82, 2.24) is 9.88 Å². The molecule has 1 aliphatic carbocycles. The molecule has 0 atom stereocenters. The Kier molecular flexibility index (Phi) is 5.54. The molecule has 1 aromatic rings. The number of rotatable bonds is 5. The molecule has 0 spiro atoms. The topological polar surface area (TPSA) is 59.2 Å². The second kappa shape index (κ2) is 7.18. The van der Waals surface area contributed by atoms with Crippen molar-refractivity contribution in [2.45, 2.75) is 58.0 Å². The Balaban J connectivity index is 1.85. The molecule has 1 heterocycles. The lowest BCUT2D eigenvalue weighted by Gasteiger charge is -2.34. The smallest absolute Gasteiger partial charge is 0.228 e. The van der Waals surface area contributed by atoms with E-state index in [0.717, 1.165) is 29.5 Å². The Hall–Kier alpha value is -0.940. The van der Waals surface area contributed by atoms with E-state index >= 15 is 0 Å². The van der Waals surface area contributed by atoms with Crippen molar-refractivity contribution in [1.29, 1.82) is 0 Å². The summed E-state index contributed by atoms with van der Waals surface area (Å²) in [5, 5.41) is 2.85. The first-order valence-corrected chi connectivity index (χ1v) is 8.41. The van der Waals surface area contributed by atoms with Crippen LogP contribution in [0.3, 0.4) is 0 Å². The first kappa shape index (κ1) is 15.4. The number of likely N-dealkylation sites (N-methyl/N-ethyl adjacent to an activating group) is 1. The molecule has 1 saturated carbocycles. The fraction of sp³-hybridized carbons (Fsp3) is 0.733. The van der Waals surface area contributed by atoms with Gasteiger partial charge in [-0.15, -0.1) is 11.3 Å². The van der Waals surface area contributed by atoms with Crippen molar-refractivity contribution >= 4 is 17.2 Å². The van der Waals surface area contributed by atoms with E-state index in [1.807, 2.05) is 17.3 Å². The van der Waals surface area contributed by atoms with Gasteiger partial charge in [-0.3, -0.25) is 4.79 Å². The zero-order chi connectivity index (χ0) is 14.5. The summed E-state index contributed by atoms with van der Waals surface area (Å²) in [4.78, 5) is 18.6. The van der Waals surface area contributed by atoms with Gasteiger partial charge in [-0.25, -0.2) is 4.98 Å². The molecule has 0 unspecified atom stereocenters. The highest BCUT2D eigenvalue weighted by Crippen LogP contribution is 2.29. The summed E-state index contributed by atoms with van der Waals surface area (Å²) in [5.74, 6) is 1.04. The van der Waals surface area contributed by atoms with Crippen LogP contribution in [0.25, 0.3) is 0 Å². The lowest BCUT2D eigenvalue weighted by Crippen LogP contribution is -2.40. The van der Waals surface area contributed by atoms with Crippen LogP contribution < -0.4 is 5.73 Å². The molecule has 5 heteroatoms. The average Bonchev–Trinajstić information content (AvgIpc) is 2.94. The van der Waals surface area contributed by atoms with Gasteiger partial charge in [0.2, 0.25) is 5.91 Å². The summed E-state index contributed by atoms with van der Waals surface area (Å²) >= 11 is 1.54. The Morgan fingerprint density at radius 2 is 2.15 bits per heavy atom. The molecule has 1 aliphatic rings. The highest BCUT2D eigenvalue weighted by atomic mass is 32.1. The van der Waals surface area contributed by atoms with Crippen LogP contribution in [0, 0.1) is 5.92 Å². The number of hydrogen-bond donors (Lipinski definition) is 1. The quantitative estimate of drug-likeness (QED) is 0.908. The number of aromatic nitrogens is 1.